The summed E-state index contributed by atoms with van der Waals surface area (Å²) < 4.78 is 5.76. The first-order chi connectivity index (χ1) is 9.65. The first-order valence-electron chi connectivity index (χ1n) is 8.35. The Morgan fingerprint density at radius 1 is 1.35 bits per heavy atom. The van der Waals surface area contributed by atoms with Gasteiger partial charge >= 0.3 is 0 Å². The Kier molecular flexibility index (Phi) is 5.70. The highest BCUT2D eigenvalue weighted by atomic mass is 16.5. The Morgan fingerprint density at radius 2 is 2.15 bits per heavy atom. The van der Waals surface area contributed by atoms with Gasteiger partial charge in [-0.1, -0.05) is 39.0 Å². The molecule has 2 unspecified atom stereocenters. The average Bonchev–Trinajstić information content (AvgIpc) is 3.03. The molecule has 0 bridgehead atoms. The minimum atomic E-state index is 0.113. The summed E-state index contributed by atoms with van der Waals surface area (Å²) in [6, 6.07) is 0. The zero-order valence-electron chi connectivity index (χ0n) is 13.2. The van der Waals surface area contributed by atoms with Gasteiger partial charge in [0, 0.05) is 13.2 Å². The Hall–Kier alpha value is -0.770. The summed E-state index contributed by atoms with van der Waals surface area (Å²) in [5, 5.41) is 0. The van der Waals surface area contributed by atoms with Gasteiger partial charge in [-0.2, -0.15) is 0 Å². The lowest BCUT2D eigenvalue weighted by molar-refractivity contribution is 0.0668. The fourth-order valence-corrected chi connectivity index (χ4v) is 3.33. The van der Waals surface area contributed by atoms with Gasteiger partial charge in [-0.25, -0.2) is 0 Å². The van der Waals surface area contributed by atoms with Crippen molar-refractivity contribution in [2.75, 3.05) is 19.7 Å². The summed E-state index contributed by atoms with van der Waals surface area (Å²) in [5.74, 6) is 0.719. The lowest BCUT2D eigenvalue weighted by atomic mass is 9.92. The minimum absolute atomic E-state index is 0.113. The zero-order valence-corrected chi connectivity index (χ0v) is 13.2. The SMILES string of the molecule is CCCCCCCC1(C)CN=C(N)N1CC1CCCO1. The molecule has 0 aromatic rings. The molecule has 20 heavy (non-hydrogen) atoms. The van der Waals surface area contributed by atoms with Gasteiger partial charge < -0.3 is 15.4 Å². The van der Waals surface area contributed by atoms with Crippen LogP contribution >= 0.6 is 0 Å². The lowest BCUT2D eigenvalue weighted by Gasteiger charge is -2.37. The highest BCUT2D eigenvalue weighted by molar-refractivity contribution is 5.81. The van der Waals surface area contributed by atoms with Crippen LogP contribution in [-0.2, 0) is 4.74 Å². The van der Waals surface area contributed by atoms with Crippen LogP contribution in [0, 0.1) is 0 Å². The Bertz CT molecular complexity index is 326. The summed E-state index contributed by atoms with van der Waals surface area (Å²) in [4.78, 5) is 6.80. The van der Waals surface area contributed by atoms with Crippen molar-refractivity contribution in [3.05, 3.63) is 0 Å². The van der Waals surface area contributed by atoms with Crippen LogP contribution in [0.1, 0.15) is 65.2 Å². The molecule has 2 rings (SSSR count). The molecule has 2 atom stereocenters. The van der Waals surface area contributed by atoms with Gasteiger partial charge in [0.2, 0.25) is 0 Å². The van der Waals surface area contributed by atoms with Crippen molar-refractivity contribution in [1.29, 1.82) is 0 Å². The quantitative estimate of drug-likeness (QED) is 0.696. The molecule has 0 aliphatic carbocycles. The molecule has 1 fully saturated rings. The summed E-state index contributed by atoms with van der Waals surface area (Å²) >= 11 is 0. The van der Waals surface area contributed by atoms with Crippen LogP contribution in [0.3, 0.4) is 0 Å². The summed E-state index contributed by atoms with van der Waals surface area (Å²) in [6.07, 6.45) is 10.5. The predicted molar refractivity (Wildman–Crippen MR) is 84.0 cm³/mol. The molecule has 0 radical (unpaired) electrons. The Balaban J connectivity index is 1.81. The number of rotatable bonds is 8. The first-order valence-corrected chi connectivity index (χ1v) is 8.35. The fraction of sp³-hybridized carbons (Fsp3) is 0.938. The van der Waals surface area contributed by atoms with Crippen LogP contribution in [0.2, 0.25) is 0 Å². The zero-order chi connectivity index (χ0) is 14.4. The lowest BCUT2D eigenvalue weighted by Crippen LogP contribution is -2.52. The molecule has 0 aromatic heterocycles. The summed E-state index contributed by atoms with van der Waals surface area (Å²) in [6.45, 7) is 7.24. The molecule has 2 N–H and O–H groups in total. The topological polar surface area (TPSA) is 50.8 Å². The van der Waals surface area contributed by atoms with Gasteiger partial charge in [0.1, 0.15) is 0 Å². The molecule has 0 amide bonds. The third-order valence-electron chi connectivity index (χ3n) is 4.74. The number of guanidine groups is 1. The number of nitrogens with zero attached hydrogens (tertiary/aromatic N) is 2. The molecule has 1 saturated heterocycles. The van der Waals surface area contributed by atoms with Crippen molar-refractivity contribution < 1.29 is 4.74 Å². The van der Waals surface area contributed by atoms with Crippen molar-refractivity contribution in [3.63, 3.8) is 0 Å². The van der Waals surface area contributed by atoms with Crippen LogP contribution in [0.5, 0.6) is 0 Å². The number of hydrogen-bond donors (Lipinski definition) is 1. The average molecular weight is 281 g/mol. The molecule has 2 aliphatic rings. The maximum Gasteiger partial charge on any atom is 0.191 e. The number of hydrogen-bond acceptors (Lipinski definition) is 4. The van der Waals surface area contributed by atoms with Crippen LogP contribution in [0.25, 0.3) is 0 Å². The maximum atomic E-state index is 6.11. The van der Waals surface area contributed by atoms with Crippen molar-refractivity contribution >= 4 is 5.96 Å². The van der Waals surface area contributed by atoms with E-state index in [9.17, 15) is 0 Å². The second-order valence-corrected chi connectivity index (χ2v) is 6.58. The number of unbranched alkanes of at least 4 members (excludes halogenated alkanes) is 4. The molecular formula is C16H31N3O. The molecular weight excluding hydrogens is 250 g/mol. The third kappa shape index (κ3) is 3.87. The van der Waals surface area contributed by atoms with Gasteiger partial charge in [0.25, 0.3) is 0 Å². The van der Waals surface area contributed by atoms with E-state index in [2.05, 4.69) is 23.7 Å². The van der Waals surface area contributed by atoms with Crippen LogP contribution in [0.15, 0.2) is 4.99 Å². The number of aliphatic imine (C=N–C) groups is 1. The maximum absolute atomic E-state index is 6.11. The van der Waals surface area contributed by atoms with Gasteiger partial charge in [-0.05, 0) is 26.2 Å². The second kappa shape index (κ2) is 7.30. The normalized spacial score (nSPS) is 30.0. The molecule has 0 aromatic carbocycles. The van der Waals surface area contributed by atoms with E-state index in [-0.39, 0.29) is 5.54 Å². The van der Waals surface area contributed by atoms with Crippen LogP contribution < -0.4 is 5.73 Å². The molecule has 4 nitrogen and oxygen atoms in total. The minimum Gasteiger partial charge on any atom is -0.376 e. The molecule has 0 saturated carbocycles. The van der Waals surface area contributed by atoms with E-state index in [1.54, 1.807) is 0 Å². The predicted octanol–water partition coefficient (Wildman–Crippen LogP) is 2.91. The smallest absolute Gasteiger partial charge is 0.191 e. The molecule has 0 spiro atoms. The van der Waals surface area contributed by atoms with Gasteiger partial charge in [-0.15, -0.1) is 0 Å². The van der Waals surface area contributed by atoms with E-state index < -0.39 is 0 Å². The highest BCUT2D eigenvalue weighted by Crippen LogP contribution is 2.29. The second-order valence-electron chi connectivity index (χ2n) is 6.58. The Morgan fingerprint density at radius 3 is 2.85 bits per heavy atom. The Labute approximate surface area is 123 Å². The highest BCUT2D eigenvalue weighted by Gasteiger charge is 2.38. The van der Waals surface area contributed by atoms with Crippen molar-refractivity contribution in [3.8, 4) is 0 Å². The van der Waals surface area contributed by atoms with Gasteiger partial charge in [0.05, 0.1) is 18.2 Å². The number of nitrogens with two attached hydrogens (primary N) is 1. The van der Waals surface area contributed by atoms with Crippen molar-refractivity contribution in [2.24, 2.45) is 10.7 Å². The first kappa shape index (κ1) is 15.6. The van der Waals surface area contributed by atoms with Crippen molar-refractivity contribution in [2.45, 2.75) is 76.9 Å². The van der Waals surface area contributed by atoms with E-state index in [4.69, 9.17) is 10.5 Å². The van der Waals surface area contributed by atoms with E-state index in [1.165, 1.54) is 44.9 Å². The van der Waals surface area contributed by atoms with Gasteiger partial charge in [0.15, 0.2) is 5.96 Å². The summed E-state index contributed by atoms with van der Waals surface area (Å²) in [7, 11) is 0. The molecule has 2 heterocycles. The molecule has 2 aliphatic heterocycles. The van der Waals surface area contributed by atoms with Gasteiger partial charge in [-0.3, -0.25) is 4.99 Å². The van der Waals surface area contributed by atoms with E-state index in [0.29, 0.717) is 6.10 Å². The third-order valence-corrected chi connectivity index (χ3v) is 4.74. The molecule has 4 heteroatoms. The largest absolute Gasteiger partial charge is 0.376 e. The summed E-state index contributed by atoms with van der Waals surface area (Å²) in [5.41, 5.74) is 6.22. The van der Waals surface area contributed by atoms with Crippen LogP contribution in [0.4, 0.5) is 0 Å². The van der Waals surface area contributed by atoms with Crippen LogP contribution in [-0.4, -0.2) is 42.2 Å². The van der Waals surface area contributed by atoms with Crippen molar-refractivity contribution in [1.82, 2.24) is 4.90 Å². The monoisotopic (exact) mass is 281 g/mol. The van der Waals surface area contributed by atoms with E-state index >= 15 is 0 Å². The van der Waals surface area contributed by atoms with E-state index in [0.717, 1.165) is 32.1 Å². The standard InChI is InChI=1S/C16H31N3O/c1-3-4-5-6-7-10-16(2)13-18-15(17)19(16)12-14-9-8-11-20-14/h14H,3-13H2,1-2H3,(H2,17,18). The molecule has 116 valence electrons. The number of ether oxygens (including phenoxy) is 1. The fourth-order valence-electron chi connectivity index (χ4n) is 3.33. The van der Waals surface area contributed by atoms with E-state index in [1.807, 2.05) is 0 Å².